The third-order valence-corrected chi connectivity index (χ3v) is 3.87. The average Bonchev–Trinajstić information content (AvgIpc) is 2.89. The quantitative estimate of drug-likeness (QED) is 0.221. The molecule has 0 aliphatic rings. The molecule has 4 N–H and O–H groups in total. The van der Waals surface area contributed by atoms with Gasteiger partial charge in [-0.2, -0.15) is 5.10 Å². The van der Waals surface area contributed by atoms with Crippen LogP contribution in [0.1, 0.15) is 22.4 Å². The topological polar surface area (TPSA) is 85.8 Å². The molecule has 0 atom stereocenters. The summed E-state index contributed by atoms with van der Waals surface area (Å²) in [5.41, 5.74) is 16.0. The third-order valence-electron chi connectivity index (χ3n) is 3.87. The molecule has 0 spiro atoms. The molecule has 6 nitrogen and oxygen atoms in total. The predicted molar refractivity (Wildman–Crippen MR) is 112 cm³/mol. The van der Waals surface area contributed by atoms with E-state index in [1.54, 1.807) is 6.21 Å². The molecule has 2 heterocycles. The molecule has 0 unspecified atom stereocenters. The minimum atomic E-state index is -0.0566. The van der Waals surface area contributed by atoms with Gasteiger partial charge in [-0.1, -0.05) is 30.3 Å². The van der Waals surface area contributed by atoms with Crippen molar-refractivity contribution in [3.05, 3.63) is 71.2 Å². The summed E-state index contributed by atoms with van der Waals surface area (Å²) in [7, 11) is 2.06. The summed E-state index contributed by atoms with van der Waals surface area (Å²) in [6.07, 6.45) is 10.0. The number of fused-ring (bicyclic) bond motifs is 1. The van der Waals surface area contributed by atoms with Crippen molar-refractivity contribution in [2.45, 2.75) is 6.92 Å². The molecular formula is C19H22Br2N6. The number of hydrogen-bond donors (Lipinski definition) is 2. The van der Waals surface area contributed by atoms with Crippen LogP contribution >= 0.6 is 17.0 Å². The van der Waals surface area contributed by atoms with E-state index in [1.807, 2.05) is 24.3 Å². The number of rotatable bonds is 4. The van der Waals surface area contributed by atoms with E-state index in [0.717, 1.165) is 22.5 Å². The molecule has 8 heteroatoms. The first-order chi connectivity index (χ1) is 12.0. The van der Waals surface area contributed by atoms with Gasteiger partial charge in [0.15, 0.2) is 5.69 Å². The van der Waals surface area contributed by atoms with E-state index in [0.29, 0.717) is 0 Å². The smallest absolute Gasteiger partial charge is 0.286 e. The first-order valence-electron chi connectivity index (χ1n) is 7.90. The van der Waals surface area contributed by atoms with Gasteiger partial charge in [-0.25, -0.2) is 8.97 Å². The van der Waals surface area contributed by atoms with Crippen LogP contribution in [0.15, 0.2) is 59.0 Å². The van der Waals surface area contributed by atoms with Crippen LogP contribution < -0.4 is 32.8 Å². The number of halogens is 2. The summed E-state index contributed by atoms with van der Waals surface area (Å²) in [5.74, 6) is -0.0566. The molecule has 0 aliphatic heterocycles. The molecule has 0 fully saturated rings. The monoisotopic (exact) mass is 492 g/mol. The standard InChI is InChI=1S/C19H21N6.2BrH/c1-14-3-10-18-24(2)17(13-25(18)12-14)9-8-15-4-6-16(7-5-15)11-22-23-19(20)21;;/h3-13H,1-2H3,(H4,20,21,23);2*1H/q+1;;/p-1/b9-8+,22-11+;;. The highest BCUT2D eigenvalue weighted by Crippen LogP contribution is 2.11. The molecular weight excluding hydrogens is 472 g/mol. The lowest BCUT2D eigenvalue weighted by atomic mass is 10.1. The van der Waals surface area contributed by atoms with Crippen molar-refractivity contribution in [3.63, 3.8) is 0 Å². The molecule has 3 aromatic rings. The SMILES string of the molecule is Br.Cc1ccc2n(C)c(/C=C/c3ccc(/C=N/N=C(N)N)cc3)c[n+]2c1.[Br-]. The highest BCUT2D eigenvalue weighted by Gasteiger charge is 2.11. The first-order valence-corrected chi connectivity index (χ1v) is 7.90. The maximum absolute atomic E-state index is 5.23. The van der Waals surface area contributed by atoms with Crippen LogP contribution in [-0.4, -0.2) is 16.7 Å². The largest absolute Gasteiger partial charge is 1.00 e. The minimum Gasteiger partial charge on any atom is -1.00 e. The van der Waals surface area contributed by atoms with E-state index in [-0.39, 0.29) is 39.9 Å². The Hall–Kier alpha value is -2.45. The van der Waals surface area contributed by atoms with Crippen molar-refractivity contribution in [2.24, 2.45) is 28.7 Å². The minimum absolute atomic E-state index is 0. The van der Waals surface area contributed by atoms with Gasteiger partial charge < -0.3 is 28.4 Å². The zero-order valence-electron chi connectivity index (χ0n) is 15.1. The third kappa shape index (κ3) is 5.77. The zero-order chi connectivity index (χ0) is 17.8. The summed E-state index contributed by atoms with van der Waals surface area (Å²) >= 11 is 0. The van der Waals surface area contributed by atoms with Gasteiger partial charge in [-0.3, -0.25) is 0 Å². The lowest BCUT2D eigenvalue weighted by Gasteiger charge is -1.95. The van der Waals surface area contributed by atoms with E-state index < -0.39 is 0 Å². The molecule has 0 amide bonds. The normalized spacial score (nSPS) is 10.7. The van der Waals surface area contributed by atoms with E-state index in [1.165, 1.54) is 5.56 Å². The highest BCUT2D eigenvalue weighted by atomic mass is 79.9. The van der Waals surface area contributed by atoms with Crippen molar-refractivity contribution < 1.29 is 21.4 Å². The van der Waals surface area contributed by atoms with Gasteiger partial charge in [0.2, 0.25) is 5.96 Å². The first kappa shape index (κ1) is 22.6. The molecule has 27 heavy (non-hydrogen) atoms. The Labute approximate surface area is 179 Å². The molecule has 0 aliphatic carbocycles. The van der Waals surface area contributed by atoms with Crippen LogP contribution in [0, 0.1) is 6.92 Å². The second kappa shape index (κ2) is 10.0. The maximum atomic E-state index is 5.23. The fraction of sp³-hybridized carbons (Fsp3) is 0.105. The summed E-state index contributed by atoms with van der Waals surface area (Å²) in [5, 5.41) is 7.37. The summed E-state index contributed by atoms with van der Waals surface area (Å²) in [4.78, 5) is 0. The van der Waals surface area contributed by atoms with Crippen LogP contribution in [0.2, 0.25) is 0 Å². The van der Waals surface area contributed by atoms with Gasteiger partial charge in [-0.15, -0.1) is 22.1 Å². The second-order valence-corrected chi connectivity index (χ2v) is 5.85. The Bertz CT molecular complexity index is 983. The number of nitrogens with two attached hydrogens (primary N) is 2. The van der Waals surface area contributed by atoms with Gasteiger partial charge >= 0.3 is 0 Å². The number of imidazole rings is 1. The number of benzene rings is 1. The molecule has 3 rings (SSSR count). The number of aryl methyl sites for hydroxylation is 2. The Morgan fingerprint density at radius 2 is 1.67 bits per heavy atom. The second-order valence-electron chi connectivity index (χ2n) is 5.85. The number of guanidine groups is 1. The Morgan fingerprint density at radius 3 is 2.33 bits per heavy atom. The molecule has 0 saturated carbocycles. The highest BCUT2D eigenvalue weighted by molar-refractivity contribution is 8.93. The van der Waals surface area contributed by atoms with Crippen molar-refractivity contribution >= 4 is 47.0 Å². The van der Waals surface area contributed by atoms with E-state index in [4.69, 9.17) is 11.5 Å². The van der Waals surface area contributed by atoms with Crippen molar-refractivity contribution in [2.75, 3.05) is 0 Å². The summed E-state index contributed by atoms with van der Waals surface area (Å²) in [6, 6.07) is 12.2. The van der Waals surface area contributed by atoms with Gasteiger partial charge in [0, 0.05) is 6.07 Å². The fourth-order valence-corrected chi connectivity index (χ4v) is 2.56. The molecule has 142 valence electrons. The van der Waals surface area contributed by atoms with Gasteiger partial charge in [0.05, 0.1) is 19.5 Å². The molecule has 2 aromatic heterocycles. The van der Waals surface area contributed by atoms with E-state index in [9.17, 15) is 0 Å². The van der Waals surface area contributed by atoms with Crippen molar-refractivity contribution in [1.29, 1.82) is 0 Å². The molecule has 0 saturated heterocycles. The summed E-state index contributed by atoms with van der Waals surface area (Å²) < 4.78 is 4.30. The number of hydrogen-bond acceptors (Lipinski definition) is 2. The number of pyridine rings is 1. The molecule has 0 bridgehead atoms. The summed E-state index contributed by atoms with van der Waals surface area (Å²) in [6.45, 7) is 2.09. The number of aromatic nitrogens is 2. The fourth-order valence-electron chi connectivity index (χ4n) is 2.56. The van der Waals surface area contributed by atoms with Crippen LogP contribution in [0.5, 0.6) is 0 Å². The van der Waals surface area contributed by atoms with Crippen LogP contribution in [0.4, 0.5) is 0 Å². The Morgan fingerprint density at radius 1 is 1.00 bits per heavy atom. The average molecular weight is 494 g/mol. The molecule has 1 aromatic carbocycles. The molecule has 0 radical (unpaired) electrons. The van der Waals surface area contributed by atoms with Crippen LogP contribution in [0.3, 0.4) is 0 Å². The van der Waals surface area contributed by atoms with E-state index >= 15 is 0 Å². The van der Waals surface area contributed by atoms with E-state index in [2.05, 4.69) is 69.8 Å². The van der Waals surface area contributed by atoms with Gasteiger partial charge in [0.1, 0.15) is 6.20 Å². The van der Waals surface area contributed by atoms with Crippen LogP contribution in [0.25, 0.3) is 17.8 Å². The Kier molecular flexibility index (Phi) is 8.39. The predicted octanol–water partition coefficient (Wildman–Crippen LogP) is -0.568. The Balaban J connectivity index is 0.00000182. The van der Waals surface area contributed by atoms with Crippen LogP contribution in [-0.2, 0) is 7.05 Å². The lowest BCUT2D eigenvalue weighted by molar-refractivity contribution is -0.511. The van der Waals surface area contributed by atoms with Crippen molar-refractivity contribution in [3.8, 4) is 0 Å². The van der Waals surface area contributed by atoms with Gasteiger partial charge in [0.25, 0.3) is 5.65 Å². The maximum Gasteiger partial charge on any atom is 0.286 e. The van der Waals surface area contributed by atoms with Gasteiger partial charge in [-0.05, 0) is 35.8 Å². The van der Waals surface area contributed by atoms with Crippen molar-refractivity contribution in [1.82, 2.24) is 4.57 Å². The number of nitrogens with zero attached hydrogens (tertiary/aromatic N) is 4. The zero-order valence-corrected chi connectivity index (χ0v) is 18.4. The lowest BCUT2D eigenvalue weighted by Crippen LogP contribution is -3.00.